The third-order valence-corrected chi connectivity index (χ3v) is 3.59. The quantitative estimate of drug-likeness (QED) is 0.654. The number of aromatic nitrogens is 4. The van der Waals surface area contributed by atoms with Crippen LogP contribution in [-0.4, -0.2) is 33.8 Å². The molecular weight excluding hydrogens is 316 g/mol. The van der Waals surface area contributed by atoms with Crippen molar-refractivity contribution in [2.24, 2.45) is 0 Å². The molecule has 7 nitrogen and oxygen atoms in total. The summed E-state index contributed by atoms with van der Waals surface area (Å²) in [5.74, 6) is 2.02. The molecule has 2 aromatic heterocycles. The van der Waals surface area contributed by atoms with Crippen LogP contribution in [0.2, 0.25) is 0 Å². The van der Waals surface area contributed by atoms with Gasteiger partial charge in [0.15, 0.2) is 5.82 Å². The van der Waals surface area contributed by atoms with Crippen molar-refractivity contribution in [1.29, 1.82) is 0 Å². The summed E-state index contributed by atoms with van der Waals surface area (Å²) in [6, 6.07) is 13.8. The van der Waals surface area contributed by atoms with Crippen molar-refractivity contribution in [3.63, 3.8) is 0 Å². The zero-order valence-corrected chi connectivity index (χ0v) is 14.0. The third-order valence-electron chi connectivity index (χ3n) is 3.59. The number of methoxy groups -OCH3 is 1. The molecular formula is C18H20N6O. The summed E-state index contributed by atoms with van der Waals surface area (Å²) in [5, 5.41) is 14.3. The van der Waals surface area contributed by atoms with Gasteiger partial charge in [-0.25, -0.2) is 0 Å². The smallest absolute Gasteiger partial charge is 0.245 e. The number of nitrogens with zero attached hydrogens (tertiary/aromatic N) is 4. The lowest BCUT2D eigenvalue weighted by Gasteiger charge is -2.08. The Balaban J connectivity index is 1.49. The van der Waals surface area contributed by atoms with Crippen LogP contribution in [0.5, 0.6) is 5.75 Å². The van der Waals surface area contributed by atoms with E-state index in [0.29, 0.717) is 18.3 Å². The second-order valence-corrected chi connectivity index (χ2v) is 5.36. The summed E-state index contributed by atoms with van der Waals surface area (Å²) < 4.78 is 5.16. The molecule has 0 aliphatic heterocycles. The maximum Gasteiger partial charge on any atom is 0.245 e. The summed E-state index contributed by atoms with van der Waals surface area (Å²) in [6.07, 6.45) is 4.25. The average Bonchev–Trinajstić information content (AvgIpc) is 2.68. The van der Waals surface area contributed by atoms with Gasteiger partial charge in [0.1, 0.15) is 5.75 Å². The molecule has 1 aromatic carbocycles. The Labute approximate surface area is 146 Å². The SMILES string of the molecule is COc1ccc(CCNc2cnnc(NCc3ccccn3)n2)cc1. The van der Waals surface area contributed by atoms with Crippen molar-refractivity contribution < 1.29 is 4.74 Å². The van der Waals surface area contributed by atoms with Crippen LogP contribution in [0.25, 0.3) is 0 Å². The lowest BCUT2D eigenvalue weighted by Crippen LogP contribution is -2.10. The Morgan fingerprint density at radius 2 is 1.92 bits per heavy atom. The summed E-state index contributed by atoms with van der Waals surface area (Å²) in [5.41, 5.74) is 2.15. The van der Waals surface area contributed by atoms with E-state index in [1.54, 1.807) is 19.5 Å². The average molecular weight is 336 g/mol. The second kappa shape index (κ2) is 8.58. The largest absolute Gasteiger partial charge is 0.497 e. The topological polar surface area (TPSA) is 84.9 Å². The molecule has 3 rings (SSSR count). The Morgan fingerprint density at radius 1 is 1.04 bits per heavy atom. The third kappa shape index (κ3) is 5.13. The molecule has 0 amide bonds. The number of pyridine rings is 1. The molecule has 0 aliphatic rings. The van der Waals surface area contributed by atoms with Gasteiger partial charge in [0, 0.05) is 12.7 Å². The van der Waals surface area contributed by atoms with Crippen LogP contribution in [0.15, 0.2) is 54.9 Å². The van der Waals surface area contributed by atoms with Gasteiger partial charge in [-0.3, -0.25) is 4.98 Å². The summed E-state index contributed by atoms with van der Waals surface area (Å²) in [7, 11) is 1.66. The summed E-state index contributed by atoms with van der Waals surface area (Å²) >= 11 is 0. The van der Waals surface area contributed by atoms with Crippen LogP contribution >= 0.6 is 0 Å². The first-order valence-corrected chi connectivity index (χ1v) is 8.04. The first kappa shape index (κ1) is 16.6. The molecule has 0 atom stereocenters. The van der Waals surface area contributed by atoms with Crippen molar-refractivity contribution in [3.05, 3.63) is 66.1 Å². The van der Waals surface area contributed by atoms with Crippen molar-refractivity contribution in [1.82, 2.24) is 20.2 Å². The predicted molar refractivity (Wildman–Crippen MR) is 96.6 cm³/mol. The monoisotopic (exact) mass is 336 g/mol. The van der Waals surface area contributed by atoms with Crippen molar-refractivity contribution in [2.45, 2.75) is 13.0 Å². The maximum atomic E-state index is 5.16. The fraction of sp³-hybridized carbons (Fsp3) is 0.222. The highest BCUT2D eigenvalue weighted by atomic mass is 16.5. The van der Waals surface area contributed by atoms with Crippen LogP contribution in [0.3, 0.4) is 0 Å². The van der Waals surface area contributed by atoms with Gasteiger partial charge in [-0.15, -0.1) is 5.10 Å². The van der Waals surface area contributed by atoms with Crippen molar-refractivity contribution in [2.75, 3.05) is 24.3 Å². The standard InChI is InChI=1S/C18H20N6O/c1-25-16-7-5-14(6-8-16)9-11-20-17-13-22-24-18(23-17)21-12-15-4-2-3-10-19-15/h2-8,10,13H,9,11-12H2,1H3,(H2,20,21,23,24). The zero-order valence-electron chi connectivity index (χ0n) is 14.0. The first-order valence-electron chi connectivity index (χ1n) is 8.04. The number of anilines is 2. The number of hydrogen-bond donors (Lipinski definition) is 2. The van der Waals surface area contributed by atoms with Gasteiger partial charge < -0.3 is 15.4 Å². The highest BCUT2D eigenvalue weighted by Gasteiger charge is 2.01. The Bertz CT molecular complexity index is 779. The lowest BCUT2D eigenvalue weighted by atomic mass is 10.1. The van der Waals surface area contributed by atoms with E-state index in [2.05, 4.69) is 42.9 Å². The highest BCUT2D eigenvalue weighted by molar-refractivity contribution is 5.37. The number of benzene rings is 1. The predicted octanol–water partition coefficient (Wildman–Crippen LogP) is 2.54. The Morgan fingerprint density at radius 3 is 2.68 bits per heavy atom. The van der Waals surface area contributed by atoms with E-state index in [9.17, 15) is 0 Å². The molecule has 3 aromatic rings. The van der Waals surface area contributed by atoms with Crippen LogP contribution in [0.1, 0.15) is 11.3 Å². The van der Waals surface area contributed by atoms with E-state index < -0.39 is 0 Å². The van der Waals surface area contributed by atoms with Crippen LogP contribution in [0, 0.1) is 0 Å². The van der Waals surface area contributed by atoms with E-state index in [0.717, 1.165) is 24.4 Å². The first-order chi connectivity index (χ1) is 12.3. The van der Waals surface area contributed by atoms with Crippen molar-refractivity contribution in [3.8, 4) is 5.75 Å². The highest BCUT2D eigenvalue weighted by Crippen LogP contribution is 2.12. The molecule has 25 heavy (non-hydrogen) atoms. The lowest BCUT2D eigenvalue weighted by molar-refractivity contribution is 0.414. The van der Waals surface area contributed by atoms with Gasteiger partial charge in [0.2, 0.25) is 5.95 Å². The fourth-order valence-electron chi connectivity index (χ4n) is 2.26. The summed E-state index contributed by atoms with van der Waals surface area (Å²) in [6.45, 7) is 1.31. The van der Waals surface area contributed by atoms with Crippen LogP contribution < -0.4 is 15.4 Å². The molecule has 2 N–H and O–H groups in total. The summed E-state index contributed by atoms with van der Waals surface area (Å²) in [4.78, 5) is 8.65. The minimum Gasteiger partial charge on any atom is -0.497 e. The van der Waals surface area contributed by atoms with Crippen LogP contribution in [0.4, 0.5) is 11.8 Å². The Hall–Kier alpha value is -3.22. The van der Waals surface area contributed by atoms with Gasteiger partial charge in [0.05, 0.1) is 25.5 Å². The number of rotatable bonds is 8. The molecule has 128 valence electrons. The minimum absolute atomic E-state index is 0.472. The van der Waals surface area contributed by atoms with Gasteiger partial charge in [0.25, 0.3) is 0 Å². The maximum absolute atomic E-state index is 5.16. The van der Waals surface area contributed by atoms with E-state index in [-0.39, 0.29) is 0 Å². The second-order valence-electron chi connectivity index (χ2n) is 5.36. The number of ether oxygens (including phenoxy) is 1. The number of hydrogen-bond acceptors (Lipinski definition) is 7. The van der Waals surface area contributed by atoms with Gasteiger partial charge in [-0.2, -0.15) is 10.1 Å². The normalized spacial score (nSPS) is 10.3. The van der Waals surface area contributed by atoms with E-state index in [1.165, 1.54) is 5.56 Å². The van der Waals surface area contributed by atoms with E-state index in [1.807, 2.05) is 30.3 Å². The molecule has 0 saturated carbocycles. The number of nitrogens with one attached hydrogen (secondary N) is 2. The molecule has 0 unspecified atom stereocenters. The van der Waals surface area contributed by atoms with Crippen LogP contribution in [-0.2, 0) is 13.0 Å². The van der Waals surface area contributed by atoms with Gasteiger partial charge in [-0.05, 0) is 36.2 Å². The molecule has 0 radical (unpaired) electrons. The molecule has 7 heteroatoms. The molecule has 2 heterocycles. The fourth-order valence-corrected chi connectivity index (χ4v) is 2.26. The minimum atomic E-state index is 0.472. The zero-order chi connectivity index (χ0) is 17.3. The molecule has 0 saturated heterocycles. The molecule has 0 spiro atoms. The van der Waals surface area contributed by atoms with Crippen molar-refractivity contribution >= 4 is 11.8 Å². The van der Waals surface area contributed by atoms with E-state index >= 15 is 0 Å². The molecule has 0 bridgehead atoms. The van der Waals surface area contributed by atoms with Gasteiger partial charge in [-0.1, -0.05) is 18.2 Å². The van der Waals surface area contributed by atoms with Gasteiger partial charge >= 0.3 is 0 Å². The van der Waals surface area contributed by atoms with E-state index in [4.69, 9.17) is 4.74 Å². The molecule has 0 aliphatic carbocycles. The molecule has 0 fully saturated rings. The Kier molecular flexibility index (Phi) is 5.71.